The number of hydrogen-bond acceptors (Lipinski definition) is 6. The lowest BCUT2D eigenvalue weighted by Crippen LogP contribution is -2.40. The van der Waals surface area contributed by atoms with E-state index in [1.54, 1.807) is 48.5 Å². The molecule has 0 N–H and O–H groups in total. The van der Waals surface area contributed by atoms with Crippen LogP contribution < -0.4 is 4.74 Å². The van der Waals surface area contributed by atoms with E-state index in [-0.39, 0.29) is 48.4 Å². The number of hydrogen-bond donors (Lipinski definition) is 0. The molecule has 0 fully saturated rings. The van der Waals surface area contributed by atoms with Gasteiger partial charge in [0.2, 0.25) is 20.0 Å². The van der Waals surface area contributed by atoms with Crippen molar-refractivity contribution < 1.29 is 21.6 Å². The van der Waals surface area contributed by atoms with Crippen molar-refractivity contribution in [2.24, 2.45) is 0 Å². The fraction of sp³-hybridized carbons (Fsp3) is 0.265. The van der Waals surface area contributed by atoms with E-state index in [1.807, 2.05) is 56.3 Å². The minimum Gasteiger partial charge on any atom is -0.489 e. The quantitative estimate of drug-likeness (QED) is 0.234. The van der Waals surface area contributed by atoms with Crippen LogP contribution in [0, 0.1) is 13.8 Å². The number of halogens is 1. The lowest BCUT2D eigenvalue weighted by molar-refractivity contribution is 0.304. The third kappa shape index (κ3) is 8.59. The van der Waals surface area contributed by atoms with Gasteiger partial charge in [0.05, 0.1) is 9.79 Å². The van der Waals surface area contributed by atoms with Gasteiger partial charge >= 0.3 is 0 Å². The first-order valence-electron chi connectivity index (χ1n) is 14.5. The van der Waals surface area contributed by atoms with E-state index in [4.69, 9.17) is 9.72 Å². The summed E-state index contributed by atoms with van der Waals surface area (Å²) in [5.41, 5.74) is 4.69. The fourth-order valence-electron chi connectivity index (χ4n) is 5.01. The molecule has 0 amide bonds. The lowest BCUT2D eigenvalue weighted by atomic mass is 10.2. The van der Waals surface area contributed by atoms with Crippen molar-refractivity contribution in [1.82, 2.24) is 13.6 Å². The van der Waals surface area contributed by atoms with E-state index in [9.17, 15) is 16.8 Å². The molecule has 0 radical (unpaired) electrons. The molecule has 1 aliphatic rings. The Hall–Kier alpha value is -3.54. The molecular formula is C34H38ClN3O5S2. The van der Waals surface area contributed by atoms with Crippen LogP contribution in [-0.4, -0.2) is 56.6 Å². The van der Waals surface area contributed by atoms with Gasteiger partial charge in [0.25, 0.3) is 0 Å². The Morgan fingerprint density at radius 1 is 0.711 bits per heavy atom. The molecule has 11 heteroatoms. The molecule has 0 atom stereocenters. The van der Waals surface area contributed by atoms with Crippen LogP contribution in [0.1, 0.15) is 28.1 Å². The maximum atomic E-state index is 13.9. The zero-order valence-corrected chi connectivity index (χ0v) is 27.9. The predicted octanol–water partition coefficient (Wildman–Crippen LogP) is 5.74. The standard InChI is InChI=1S/C34H37N3O5S2.ClH/c1-26-9-13-33(14-10-26)43(38,39)36-19-17-30-21-32(42-25-29-7-5-4-6-8-29)22-31(35-30)18-20-37(24-28(3)23-36)44(40,41)34-15-11-27(2)12-16-34;/h4-16,21-22H,3,17-20,23-25H2,1-2H3;1H. The van der Waals surface area contributed by atoms with Gasteiger partial charge in [-0.2, -0.15) is 8.61 Å². The Labute approximate surface area is 272 Å². The number of sulfonamides is 2. The number of aromatic nitrogens is 1. The van der Waals surface area contributed by atoms with Gasteiger partial charge in [-0.3, -0.25) is 4.98 Å². The predicted molar refractivity (Wildman–Crippen MR) is 179 cm³/mol. The molecule has 45 heavy (non-hydrogen) atoms. The summed E-state index contributed by atoms with van der Waals surface area (Å²) in [6.07, 6.45) is 0.693. The van der Waals surface area contributed by atoms with E-state index < -0.39 is 20.0 Å². The number of nitrogens with zero attached hydrogens (tertiary/aromatic N) is 3. The highest BCUT2D eigenvalue weighted by molar-refractivity contribution is 7.89. The van der Waals surface area contributed by atoms with Crippen LogP contribution in [0.3, 0.4) is 0 Å². The van der Waals surface area contributed by atoms with Gasteiger partial charge in [0.1, 0.15) is 12.4 Å². The summed E-state index contributed by atoms with van der Waals surface area (Å²) in [5, 5.41) is 0. The molecular weight excluding hydrogens is 630 g/mol. The van der Waals surface area contributed by atoms with E-state index in [2.05, 4.69) is 6.58 Å². The Morgan fingerprint density at radius 2 is 1.16 bits per heavy atom. The summed E-state index contributed by atoms with van der Waals surface area (Å²) in [4.78, 5) is 5.13. The maximum absolute atomic E-state index is 13.9. The first kappa shape index (κ1) is 34.3. The van der Waals surface area contributed by atoms with E-state index in [0.717, 1.165) is 16.7 Å². The second kappa shape index (κ2) is 14.7. The van der Waals surface area contributed by atoms with Crippen LogP contribution in [0.5, 0.6) is 5.75 Å². The first-order chi connectivity index (χ1) is 21.0. The van der Waals surface area contributed by atoms with Crippen molar-refractivity contribution in [3.8, 4) is 5.75 Å². The van der Waals surface area contributed by atoms with Gasteiger partial charge in [-0.05, 0) is 49.2 Å². The number of ether oxygens (including phenoxy) is 1. The van der Waals surface area contributed by atoms with Crippen molar-refractivity contribution in [3.63, 3.8) is 0 Å². The molecule has 8 nitrogen and oxygen atoms in total. The van der Waals surface area contributed by atoms with Gasteiger partial charge < -0.3 is 4.74 Å². The minimum absolute atomic E-state index is 0. The molecule has 4 aromatic rings. The molecule has 2 bridgehead atoms. The average molecular weight is 668 g/mol. The van der Waals surface area contributed by atoms with Gasteiger partial charge in [-0.25, -0.2) is 16.8 Å². The molecule has 1 aromatic heterocycles. The zero-order valence-electron chi connectivity index (χ0n) is 25.4. The topological polar surface area (TPSA) is 96.9 Å². The monoisotopic (exact) mass is 667 g/mol. The molecule has 0 saturated carbocycles. The van der Waals surface area contributed by atoms with Gasteiger partial charge in [0.15, 0.2) is 0 Å². The summed E-state index contributed by atoms with van der Waals surface area (Å²) in [5.74, 6) is 0.594. The van der Waals surface area contributed by atoms with Crippen LogP contribution in [0.4, 0.5) is 0 Å². The van der Waals surface area contributed by atoms with Crippen molar-refractivity contribution in [3.05, 3.63) is 131 Å². The van der Waals surface area contributed by atoms with Gasteiger partial charge in [0, 0.05) is 62.5 Å². The van der Waals surface area contributed by atoms with Gasteiger partial charge in [-0.1, -0.05) is 72.3 Å². The lowest BCUT2D eigenvalue weighted by Gasteiger charge is -2.28. The van der Waals surface area contributed by atoms with Crippen LogP contribution in [0.2, 0.25) is 0 Å². The van der Waals surface area contributed by atoms with Crippen LogP contribution >= 0.6 is 12.4 Å². The number of aryl methyl sites for hydroxylation is 2. The molecule has 0 unspecified atom stereocenters. The SMILES string of the molecule is C=C1CN(S(=O)(=O)c2ccc(C)cc2)CCc2cc(OCc3ccccc3)cc(n2)CCN(S(=O)(=O)c2ccc(C)cc2)C1.Cl. The summed E-state index contributed by atoms with van der Waals surface area (Å²) in [7, 11) is -7.83. The molecule has 2 heterocycles. The van der Waals surface area contributed by atoms with E-state index in [1.165, 1.54) is 8.61 Å². The first-order valence-corrected chi connectivity index (χ1v) is 17.4. The second-order valence-corrected chi connectivity index (χ2v) is 15.0. The van der Waals surface area contributed by atoms with Crippen molar-refractivity contribution in [1.29, 1.82) is 0 Å². The van der Waals surface area contributed by atoms with Crippen LogP contribution in [0.25, 0.3) is 0 Å². The number of pyridine rings is 1. The second-order valence-electron chi connectivity index (χ2n) is 11.1. The van der Waals surface area contributed by atoms with Crippen molar-refractivity contribution >= 4 is 32.5 Å². The molecule has 0 aliphatic carbocycles. The highest BCUT2D eigenvalue weighted by Crippen LogP contribution is 2.24. The molecule has 3 aromatic carbocycles. The highest BCUT2D eigenvalue weighted by atomic mass is 35.5. The van der Waals surface area contributed by atoms with Crippen LogP contribution in [-0.2, 0) is 39.5 Å². The Bertz CT molecular complexity index is 1720. The molecule has 0 spiro atoms. The summed E-state index contributed by atoms with van der Waals surface area (Å²) in [6, 6.07) is 26.8. The van der Waals surface area contributed by atoms with Crippen molar-refractivity contribution in [2.75, 3.05) is 26.2 Å². The molecule has 0 saturated heterocycles. The molecule has 1 aliphatic heterocycles. The largest absolute Gasteiger partial charge is 0.489 e. The fourth-order valence-corrected chi connectivity index (χ4v) is 7.94. The Balaban J connectivity index is 0.00000461. The Morgan fingerprint density at radius 3 is 1.60 bits per heavy atom. The Kier molecular flexibility index (Phi) is 11.2. The van der Waals surface area contributed by atoms with E-state index >= 15 is 0 Å². The maximum Gasteiger partial charge on any atom is 0.243 e. The normalized spacial score (nSPS) is 15.4. The highest BCUT2D eigenvalue weighted by Gasteiger charge is 2.29. The number of rotatable bonds is 7. The number of fused-ring (bicyclic) bond motifs is 2. The average Bonchev–Trinajstić information content (AvgIpc) is 3.00. The summed E-state index contributed by atoms with van der Waals surface area (Å²) >= 11 is 0. The smallest absolute Gasteiger partial charge is 0.243 e. The van der Waals surface area contributed by atoms with E-state index in [0.29, 0.717) is 42.2 Å². The molecule has 238 valence electrons. The third-order valence-electron chi connectivity index (χ3n) is 7.51. The van der Waals surface area contributed by atoms with Crippen LogP contribution in [0.15, 0.2) is 113 Å². The molecule has 5 rings (SSSR count). The minimum atomic E-state index is -3.91. The summed E-state index contributed by atoms with van der Waals surface area (Å²) < 4.78 is 64.2. The number of benzene rings is 3. The van der Waals surface area contributed by atoms with Gasteiger partial charge in [-0.15, -0.1) is 12.4 Å². The third-order valence-corrected chi connectivity index (χ3v) is 11.2. The van der Waals surface area contributed by atoms with Crippen molar-refractivity contribution in [2.45, 2.75) is 43.1 Å². The summed E-state index contributed by atoms with van der Waals surface area (Å²) in [6.45, 7) is 8.48. The zero-order chi connectivity index (χ0) is 31.3.